The first-order valence-corrected chi connectivity index (χ1v) is 12.0. The largest absolute Gasteiger partial charge is 0.445 e. The Kier molecular flexibility index (Phi) is 8.00. The van der Waals surface area contributed by atoms with Crippen molar-refractivity contribution in [2.45, 2.75) is 69.7 Å². The van der Waals surface area contributed by atoms with Crippen LogP contribution in [-0.2, 0) is 16.1 Å². The highest BCUT2D eigenvalue weighted by molar-refractivity contribution is 5.77. The van der Waals surface area contributed by atoms with Gasteiger partial charge in [0.2, 0.25) is 0 Å². The number of carbonyl (C=O) groups excluding carboxylic acids is 1. The number of aliphatic imine (C=N–C) groups is 1. The minimum Gasteiger partial charge on any atom is -0.445 e. The molecule has 1 amide bonds. The maximum Gasteiger partial charge on any atom is 0.410 e. The van der Waals surface area contributed by atoms with Crippen LogP contribution in [0.1, 0.15) is 56.1 Å². The van der Waals surface area contributed by atoms with Crippen LogP contribution in [-0.4, -0.2) is 48.2 Å². The second kappa shape index (κ2) is 11.3. The van der Waals surface area contributed by atoms with E-state index in [1.54, 1.807) is 11.8 Å². The lowest BCUT2D eigenvalue weighted by molar-refractivity contribution is -0.00664. The Morgan fingerprint density at radius 3 is 2.33 bits per heavy atom. The van der Waals surface area contributed by atoms with Gasteiger partial charge in [-0.15, -0.1) is 0 Å². The Morgan fingerprint density at radius 2 is 1.67 bits per heavy atom. The average molecular weight is 450 g/mol. The van der Waals surface area contributed by atoms with Crippen LogP contribution >= 0.6 is 0 Å². The third-order valence-electron chi connectivity index (χ3n) is 6.77. The van der Waals surface area contributed by atoms with Crippen molar-refractivity contribution in [3.05, 3.63) is 71.8 Å². The maximum absolute atomic E-state index is 12.9. The molecule has 0 aromatic heterocycles. The second-order valence-corrected chi connectivity index (χ2v) is 9.15. The summed E-state index contributed by atoms with van der Waals surface area (Å²) in [5, 5.41) is 0. The van der Waals surface area contributed by atoms with E-state index in [0.29, 0.717) is 24.9 Å². The fraction of sp³-hybridized carbons (Fsp3) is 0.481. The Hall–Kier alpha value is -2.86. The van der Waals surface area contributed by atoms with Gasteiger partial charge in [-0.25, -0.2) is 4.79 Å². The zero-order chi connectivity index (χ0) is 23.0. The molecule has 1 aliphatic carbocycles. The van der Waals surface area contributed by atoms with Crippen molar-refractivity contribution in [1.29, 1.82) is 0 Å². The number of carbonyl (C=O) groups is 1. The number of nitrogens with zero attached hydrogens (tertiary/aromatic N) is 2. The Labute approximate surface area is 196 Å². The van der Waals surface area contributed by atoms with E-state index in [0.717, 1.165) is 37.7 Å². The molecule has 2 atom stereocenters. The Bertz CT molecular complexity index is 907. The van der Waals surface area contributed by atoms with Gasteiger partial charge in [0, 0.05) is 6.54 Å². The van der Waals surface area contributed by atoms with Gasteiger partial charge in [-0.1, -0.05) is 60.7 Å². The summed E-state index contributed by atoms with van der Waals surface area (Å²) < 4.78 is 11.9. The summed E-state index contributed by atoms with van der Waals surface area (Å²) in [6.07, 6.45) is 5.01. The van der Waals surface area contributed by atoms with Crippen LogP contribution in [0, 0.1) is 0 Å². The number of benzene rings is 2. The number of amides is 1. The standard InChI is InChI=1S/C27H35N3O3/c1-20(28)29-25-16-17-30(27(31)33-18-21-8-4-2-5-9-21)26(25)19-32-24-14-12-23(13-15-24)22-10-6-3-7-11-22/h2-11,23-26H,12-19H2,1H3,(H2,28,29)/t23?,24?,25-,26-/m1/s1. The second-order valence-electron chi connectivity index (χ2n) is 9.15. The molecule has 176 valence electrons. The lowest BCUT2D eigenvalue weighted by Crippen LogP contribution is -2.43. The van der Waals surface area contributed by atoms with Crippen molar-refractivity contribution in [3.8, 4) is 0 Å². The van der Waals surface area contributed by atoms with Gasteiger partial charge in [-0.05, 0) is 56.1 Å². The maximum atomic E-state index is 12.9. The summed E-state index contributed by atoms with van der Waals surface area (Å²) in [7, 11) is 0. The number of nitrogens with two attached hydrogens (primary N) is 1. The first-order valence-electron chi connectivity index (χ1n) is 12.0. The third-order valence-corrected chi connectivity index (χ3v) is 6.77. The summed E-state index contributed by atoms with van der Waals surface area (Å²) in [5.74, 6) is 1.15. The van der Waals surface area contributed by atoms with Crippen LogP contribution in [0.15, 0.2) is 65.7 Å². The fourth-order valence-corrected chi connectivity index (χ4v) is 5.00. The summed E-state index contributed by atoms with van der Waals surface area (Å²) in [4.78, 5) is 19.2. The molecule has 0 radical (unpaired) electrons. The first-order chi connectivity index (χ1) is 16.1. The predicted molar refractivity (Wildman–Crippen MR) is 130 cm³/mol. The van der Waals surface area contributed by atoms with Gasteiger partial charge in [-0.3, -0.25) is 4.99 Å². The zero-order valence-corrected chi connectivity index (χ0v) is 19.4. The highest BCUT2D eigenvalue weighted by atomic mass is 16.6. The van der Waals surface area contributed by atoms with Crippen LogP contribution in [0.2, 0.25) is 0 Å². The normalized spacial score (nSPS) is 25.7. The van der Waals surface area contributed by atoms with E-state index >= 15 is 0 Å². The van der Waals surface area contributed by atoms with E-state index in [4.69, 9.17) is 15.2 Å². The molecule has 1 saturated heterocycles. The molecule has 0 spiro atoms. The molecule has 1 aliphatic heterocycles. The molecule has 1 saturated carbocycles. The molecule has 2 fully saturated rings. The average Bonchev–Trinajstić information content (AvgIpc) is 3.24. The van der Waals surface area contributed by atoms with Crippen molar-refractivity contribution >= 4 is 11.9 Å². The highest BCUT2D eigenvalue weighted by Gasteiger charge is 2.39. The summed E-state index contributed by atoms with van der Waals surface area (Å²) in [6.45, 7) is 3.11. The minimum absolute atomic E-state index is 0.0556. The molecule has 1 heterocycles. The first kappa shape index (κ1) is 23.3. The van der Waals surface area contributed by atoms with Gasteiger partial charge in [0.1, 0.15) is 6.61 Å². The molecule has 0 unspecified atom stereocenters. The number of rotatable bonds is 7. The summed E-state index contributed by atoms with van der Waals surface area (Å²) >= 11 is 0. The van der Waals surface area contributed by atoms with Gasteiger partial charge in [0.25, 0.3) is 0 Å². The number of hydrogen-bond donors (Lipinski definition) is 1. The van der Waals surface area contributed by atoms with E-state index in [1.165, 1.54) is 5.56 Å². The van der Waals surface area contributed by atoms with Crippen molar-refractivity contribution in [2.75, 3.05) is 13.2 Å². The van der Waals surface area contributed by atoms with E-state index < -0.39 is 0 Å². The molecule has 6 heteroatoms. The van der Waals surface area contributed by atoms with Gasteiger partial charge in [0.05, 0.1) is 30.6 Å². The van der Waals surface area contributed by atoms with E-state index in [-0.39, 0.29) is 30.9 Å². The number of hydrogen-bond acceptors (Lipinski definition) is 4. The molecule has 33 heavy (non-hydrogen) atoms. The number of amidine groups is 1. The van der Waals surface area contributed by atoms with Gasteiger partial charge in [0.15, 0.2) is 0 Å². The lowest BCUT2D eigenvalue weighted by Gasteiger charge is -2.32. The van der Waals surface area contributed by atoms with E-state index in [1.807, 2.05) is 30.3 Å². The van der Waals surface area contributed by atoms with Crippen molar-refractivity contribution in [3.63, 3.8) is 0 Å². The van der Waals surface area contributed by atoms with Crippen LogP contribution in [0.25, 0.3) is 0 Å². The highest BCUT2D eigenvalue weighted by Crippen LogP contribution is 2.34. The fourth-order valence-electron chi connectivity index (χ4n) is 5.00. The Balaban J connectivity index is 1.32. The molecule has 2 N–H and O–H groups in total. The molecular formula is C27H35N3O3. The van der Waals surface area contributed by atoms with Gasteiger partial charge in [-0.2, -0.15) is 0 Å². The van der Waals surface area contributed by atoms with E-state index in [9.17, 15) is 4.79 Å². The molecule has 2 aliphatic rings. The lowest BCUT2D eigenvalue weighted by atomic mass is 9.83. The van der Waals surface area contributed by atoms with Crippen LogP contribution in [0.4, 0.5) is 4.79 Å². The summed E-state index contributed by atoms with van der Waals surface area (Å²) in [6, 6.07) is 20.3. The minimum atomic E-state index is -0.312. The zero-order valence-electron chi connectivity index (χ0n) is 19.4. The van der Waals surface area contributed by atoms with Crippen LogP contribution in [0.3, 0.4) is 0 Å². The molecule has 2 aromatic rings. The summed E-state index contributed by atoms with van der Waals surface area (Å²) in [5.41, 5.74) is 8.27. The molecule has 4 rings (SSSR count). The molecule has 0 bridgehead atoms. The molecule has 6 nitrogen and oxygen atoms in total. The molecular weight excluding hydrogens is 414 g/mol. The van der Waals surface area contributed by atoms with Crippen LogP contribution < -0.4 is 5.73 Å². The number of ether oxygens (including phenoxy) is 2. The third kappa shape index (κ3) is 6.35. The monoisotopic (exact) mass is 449 g/mol. The SMILES string of the molecule is CC(N)=N[C@@H]1CCN(C(=O)OCc2ccccc2)[C@@H]1COC1CCC(c2ccccc2)CC1. The van der Waals surface area contributed by atoms with Crippen molar-refractivity contribution in [2.24, 2.45) is 10.7 Å². The predicted octanol–water partition coefficient (Wildman–Crippen LogP) is 4.89. The Morgan fingerprint density at radius 1 is 1.00 bits per heavy atom. The molecule has 2 aromatic carbocycles. The quantitative estimate of drug-likeness (QED) is 0.482. The van der Waals surface area contributed by atoms with Crippen molar-refractivity contribution in [1.82, 2.24) is 4.90 Å². The van der Waals surface area contributed by atoms with E-state index in [2.05, 4.69) is 35.3 Å². The number of likely N-dealkylation sites (tertiary alicyclic amines) is 1. The van der Waals surface area contributed by atoms with Crippen LogP contribution in [0.5, 0.6) is 0 Å². The van der Waals surface area contributed by atoms with Crippen molar-refractivity contribution < 1.29 is 14.3 Å². The topological polar surface area (TPSA) is 77.2 Å². The van der Waals surface area contributed by atoms with Gasteiger partial charge >= 0.3 is 6.09 Å². The van der Waals surface area contributed by atoms with Gasteiger partial charge < -0.3 is 20.1 Å². The smallest absolute Gasteiger partial charge is 0.410 e.